The van der Waals surface area contributed by atoms with Gasteiger partial charge < -0.3 is 5.11 Å². The Morgan fingerprint density at radius 1 is 1.18 bits per heavy atom. The summed E-state index contributed by atoms with van der Waals surface area (Å²) in [5.74, 6) is -2.05. The fourth-order valence-electron chi connectivity index (χ4n) is 3.21. The standard InChI is InChI=1S/C18H23FO3/c19-16-9-5-6-13(11-16)10-15(18(21)22)12-17(20)14-7-3-1-2-4-8-14/h5-6,9,11,14-15H,1-4,7-8,10,12H2,(H,21,22). The van der Waals surface area contributed by atoms with Crippen molar-refractivity contribution in [1.82, 2.24) is 0 Å². The number of Topliss-reactive ketones (excluding diaryl/α,β-unsaturated/α-hetero) is 1. The molecular weight excluding hydrogens is 283 g/mol. The summed E-state index contributed by atoms with van der Waals surface area (Å²) >= 11 is 0. The number of carboxylic acid groups (broad SMARTS) is 1. The lowest BCUT2D eigenvalue weighted by atomic mass is 9.87. The van der Waals surface area contributed by atoms with Crippen LogP contribution in [0.2, 0.25) is 0 Å². The summed E-state index contributed by atoms with van der Waals surface area (Å²) in [6.07, 6.45) is 6.44. The van der Waals surface area contributed by atoms with Crippen molar-refractivity contribution in [2.45, 2.75) is 51.4 Å². The lowest BCUT2D eigenvalue weighted by Gasteiger charge is -2.17. The van der Waals surface area contributed by atoms with Crippen molar-refractivity contribution < 1.29 is 19.1 Å². The topological polar surface area (TPSA) is 54.4 Å². The zero-order chi connectivity index (χ0) is 15.9. The first-order valence-electron chi connectivity index (χ1n) is 8.06. The smallest absolute Gasteiger partial charge is 0.307 e. The number of halogens is 1. The van der Waals surface area contributed by atoms with Crippen molar-refractivity contribution in [3.8, 4) is 0 Å². The third-order valence-corrected chi connectivity index (χ3v) is 4.48. The molecule has 1 aromatic rings. The van der Waals surface area contributed by atoms with Gasteiger partial charge in [-0.2, -0.15) is 0 Å². The van der Waals surface area contributed by atoms with Crippen LogP contribution in [0.3, 0.4) is 0 Å². The van der Waals surface area contributed by atoms with Gasteiger partial charge >= 0.3 is 5.97 Å². The molecule has 1 atom stereocenters. The van der Waals surface area contributed by atoms with E-state index in [9.17, 15) is 19.1 Å². The molecule has 22 heavy (non-hydrogen) atoms. The van der Waals surface area contributed by atoms with E-state index in [1.54, 1.807) is 12.1 Å². The van der Waals surface area contributed by atoms with Crippen molar-refractivity contribution in [1.29, 1.82) is 0 Å². The Hall–Kier alpha value is -1.71. The molecule has 0 heterocycles. The number of carbonyl (C=O) groups excluding carboxylic acids is 1. The largest absolute Gasteiger partial charge is 0.481 e. The monoisotopic (exact) mass is 306 g/mol. The van der Waals surface area contributed by atoms with Gasteiger partial charge in [0.15, 0.2) is 0 Å². The van der Waals surface area contributed by atoms with E-state index in [1.165, 1.54) is 12.1 Å². The van der Waals surface area contributed by atoms with Crippen LogP contribution in [0.4, 0.5) is 4.39 Å². The van der Waals surface area contributed by atoms with Gasteiger partial charge in [0, 0.05) is 12.3 Å². The number of rotatable bonds is 6. The molecule has 4 heteroatoms. The molecule has 1 unspecified atom stereocenters. The molecule has 0 saturated heterocycles. The lowest BCUT2D eigenvalue weighted by molar-refractivity contribution is -0.144. The first-order valence-corrected chi connectivity index (χ1v) is 8.06. The molecule has 1 aliphatic carbocycles. The summed E-state index contributed by atoms with van der Waals surface area (Å²) in [7, 11) is 0. The van der Waals surface area contributed by atoms with Crippen LogP contribution >= 0.6 is 0 Å². The van der Waals surface area contributed by atoms with E-state index >= 15 is 0 Å². The molecule has 0 aliphatic heterocycles. The molecule has 1 saturated carbocycles. The van der Waals surface area contributed by atoms with Gasteiger partial charge in [0.25, 0.3) is 0 Å². The second-order valence-corrected chi connectivity index (χ2v) is 6.23. The SMILES string of the molecule is O=C(O)C(CC(=O)C1CCCCCC1)Cc1cccc(F)c1. The fourth-order valence-corrected chi connectivity index (χ4v) is 3.21. The molecule has 1 aliphatic rings. The van der Waals surface area contributed by atoms with E-state index in [4.69, 9.17) is 0 Å². The maximum atomic E-state index is 13.2. The number of carbonyl (C=O) groups is 2. The zero-order valence-electron chi connectivity index (χ0n) is 12.8. The molecule has 0 aromatic heterocycles. The predicted octanol–water partition coefficient (Wildman–Crippen LogP) is 4.00. The van der Waals surface area contributed by atoms with Crippen molar-refractivity contribution in [3.05, 3.63) is 35.6 Å². The van der Waals surface area contributed by atoms with Gasteiger partial charge in [-0.25, -0.2) is 4.39 Å². The van der Waals surface area contributed by atoms with Crippen molar-refractivity contribution in [3.63, 3.8) is 0 Å². The van der Waals surface area contributed by atoms with E-state index in [0.29, 0.717) is 5.56 Å². The van der Waals surface area contributed by atoms with E-state index in [0.717, 1.165) is 38.5 Å². The minimum Gasteiger partial charge on any atom is -0.481 e. The Morgan fingerprint density at radius 2 is 1.86 bits per heavy atom. The Morgan fingerprint density at radius 3 is 2.45 bits per heavy atom. The summed E-state index contributed by atoms with van der Waals surface area (Å²) in [5.41, 5.74) is 0.626. The van der Waals surface area contributed by atoms with Gasteiger partial charge in [-0.3, -0.25) is 9.59 Å². The zero-order valence-corrected chi connectivity index (χ0v) is 12.8. The summed E-state index contributed by atoms with van der Waals surface area (Å²) < 4.78 is 13.2. The highest BCUT2D eigenvalue weighted by Crippen LogP contribution is 2.26. The minimum absolute atomic E-state index is 0.0110. The molecule has 0 spiro atoms. The van der Waals surface area contributed by atoms with E-state index in [1.807, 2.05) is 0 Å². The van der Waals surface area contributed by atoms with E-state index < -0.39 is 11.9 Å². The molecule has 1 fully saturated rings. The molecule has 1 N–H and O–H groups in total. The van der Waals surface area contributed by atoms with Gasteiger partial charge in [-0.15, -0.1) is 0 Å². The highest BCUT2D eigenvalue weighted by Gasteiger charge is 2.27. The molecule has 1 aromatic carbocycles. The van der Waals surface area contributed by atoms with Crippen LogP contribution in [0.5, 0.6) is 0 Å². The van der Waals surface area contributed by atoms with Gasteiger partial charge in [0.1, 0.15) is 11.6 Å². The van der Waals surface area contributed by atoms with Crippen molar-refractivity contribution >= 4 is 11.8 Å². The van der Waals surface area contributed by atoms with Gasteiger partial charge in [-0.05, 0) is 37.0 Å². The van der Waals surface area contributed by atoms with Crippen LogP contribution in [0.15, 0.2) is 24.3 Å². The van der Waals surface area contributed by atoms with Gasteiger partial charge in [0.05, 0.1) is 5.92 Å². The minimum atomic E-state index is -0.980. The Balaban J connectivity index is 1.98. The Kier molecular flexibility index (Phi) is 6.10. The molecule has 0 radical (unpaired) electrons. The van der Waals surface area contributed by atoms with Crippen molar-refractivity contribution in [2.75, 3.05) is 0 Å². The Bertz CT molecular complexity index is 519. The van der Waals surface area contributed by atoms with Crippen LogP contribution in [0.25, 0.3) is 0 Å². The maximum Gasteiger partial charge on any atom is 0.307 e. The quantitative estimate of drug-likeness (QED) is 0.808. The number of hydrogen-bond donors (Lipinski definition) is 1. The van der Waals surface area contributed by atoms with E-state index in [2.05, 4.69) is 0 Å². The van der Waals surface area contributed by atoms with Crippen LogP contribution in [0, 0.1) is 17.7 Å². The molecule has 2 rings (SSSR count). The van der Waals surface area contributed by atoms with Crippen LogP contribution in [-0.4, -0.2) is 16.9 Å². The number of hydrogen-bond acceptors (Lipinski definition) is 2. The second kappa shape index (κ2) is 8.06. The first-order chi connectivity index (χ1) is 10.6. The maximum absolute atomic E-state index is 13.2. The first kappa shape index (κ1) is 16.7. The molecular formula is C18H23FO3. The summed E-state index contributed by atoms with van der Waals surface area (Å²) in [5, 5.41) is 9.36. The van der Waals surface area contributed by atoms with Gasteiger partial charge in [-0.1, -0.05) is 37.8 Å². The van der Waals surface area contributed by atoms with Crippen molar-refractivity contribution in [2.24, 2.45) is 11.8 Å². The summed E-state index contributed by atoms with van der Waals surface area (Å²) in [6.45, 7) is 0. The fraction of sp³-hybridized carbons (Fsp3) is 0.556. The summed E-state index contributed by atoms with van der Waals surface area (Å²) in [4.78, 5) is 23.8. The Labute approximate surface area is 130 Å². The number of aliphatic carboxylic acids is 1. The van der Waals surface area contributed by atoms with E-state index in [-0.39, 0.29) is 30.4 Å². The third kappa shape index (κ3) is 4.93. The molecule has 0 bridgehead atoms. The normalized spacial score (nSPS) is 17.7. The highest BCUT2D eigenvalue weighted by atomic mass is 19.1. The number of benzene rings is 1. The average Bonchev–Trinajstić information content (AvgIpc) is 2.75. The average molecular weight is 306 g/mol. The molecule has 3 nitrogen and oxygen atoms in total. The molecule has 0 amide bonds. The third-order valence-electron chi connectivity index (χ3n) is 4.48. The predicted molar refractivity (Wildman–Crippen MR) is 82.0 cm³/mol. The van der Waals surface area contributed by atoms with Gasteiger partial charge in [0.2, 0.25) is 0 Å². The van der Waals surface area contributed by atoms with Crippen LogP contribution < -0.4 is 0 Å². The number of carboxylic acids is 1. The highest BCUT2D eigenvalue weighted by molar-refractivity contribution is 5.85. The number of ketones is 1. The van der Waals surface area contributed by atoms with Crippen LogP contribution in [0.1, 0.15) is 50.5 Å². The lowest BCUT2D eigenvalue weighted by Crippen LogP contribution is -2.24. The second-order valence-electron chi connectivity index (χ2n) is 6.23. The van der Waals surface area contributed by atoms with Crippen LogP contribution in [-0.2, 0) is 16.0 Å². The summed E-state index contributed by atoms with van der Waals surface area (Å²) in [6, 6.07) is 5.94. The molecule has 120 valence electrons.